The number of aromatic nitrogens is 6. The van der Waals surface area contributed by atoms with Crippen LogP contribution < -0.4 is 4.74 Å². The highest BCUT2D eigenvalue weighted by molar-refractivity contribution is 7.99. The van der Waals surface area contributed by atoms with Gasteiger partial charge < -0.3 is 4.74 Å². The summed E-state index contributed by atoms with van der Waals surface area (Å²) in [5, 5.41) is 20.6. The van der Waals surface area contributed by atoms with Gasteiger partial charge >= 0.3 is 6.36 Å². The molecule has 126 valence electrons. The van der Waals surface area contributed by atoms with Gasteiger partial charge in [0, 0.05) is 0 Å². The Morgan fingerprint density at radius 2 is 1.88 bits per heavy atom. The van der Waals surface area contributed by atoms with Gasteiger partial charge in [0.15, 0.2) is 5.69 Å². The van der Waals surface area contributed by atoms with Crippen LogP contribution in [0.25, 0.3) is 5.69 Å². The molecule has 12 heteroatoms. The number of benzene rings is 1. The summed E-state index contributed by atoms with van der Waals surface area (Å²) in [6.45, 7) is 0. The molecule has 2 aromatic heterocycles. The van der Waals surface area contributed by atoms with Crippen molar-refractivity contribution in [2.24, 2.45) is 0 Å². The van der Waals surface area contributed by atoms with Crippen molar-refractivity contribution in [2.45, 2.75) is 16.5 Å². The number of ether oxygens (including phenoxy) is 1. The van der Waals surface area contributed by atoms with Gasteiger partial charge in [0.25, 0.3) is 0 Å². The zero-order chi connectivity index (χ0) is 17.9. The molecule has 0 saturated heterocycles. The fourth-order valence-electron chi connectivity index (χ4n) is 1.71. The first kappa shape index (κ1) is 16.7. The lowest BCUT2D eigenvalue weighted by Crippen LogP contribution is -2.17. The molecular formula is C13H6F3N7OS. The van der Waals surface area contributed by atoms with E-state index in [2.05, 4.69) is 30.2 Å². The van der Waals surface area contributed by atoms with Crippen molar-refractivity contribution >= 4 is 11.8 Å². The zero-order valence-corrected chi connectivity index (χ0v) is 12.9. The van der Waals surface area contributed by atoms with Crippen molar-refractivity contribution in [3.05, 3.63) is 42.4 Å². The molecule has 0 saturated carbocycles. The van der Waals surface area contributed by atoms with Crippen molar-refractivity contribution in [1.29, 1.82) is 5.26 Å². The van der Waals surface area contributed by atoms with Crippen LogP contribution in [0.3, 0.4) is 0 Å². The molecule has 0 fully saturated rings. The fraction of sp³-hybridized carbons (Fsp3) is 0.0769. The van der Waals surface area contributed by atoms with E-state index < -0.39 is 6.36 Å². The second-order valence-corrected chi connectivity index (χ2v) is 5.36. The van der Waals surface area contributed by atoms with Gasteiger partial charge in [-0.3, -0.25) is 0 Å². The normalized spacial score (nSPS) is 11.1. The number of tetrazole rings is 1. The highest BCUT2D eigenvalue weighted by atomic mass is 32.2. The number of nitrogens with zero attached hydrogens (tertiary/aromatic N) is 7. The van der Waals surface area contributed by atoms with Crippen LogP contribution in [-0.2, 0) is 0 Å². The first-order valence-corrected chi connectivity index (χ1v) is 7.31. The Morgan fingerprint density at radius 1 is 1.12 bits per heavy atom. The largest absolute Gasteiger partial charge is 0.573 e. The number of hydrogen-bond acceptors (Lipinski definition) is 8. The lowest BCUT2D eigenvalue weighted by atomic mass is 10.3. The van der Waals surface area contributed by atoms with Crippen LogP contribution in [0, 0.1) is 11.3 Å². The predicted octanol–water partition coefficient (Wildman–Crippen LogP) is 2.37. The van der Waals surface area contributed by atoms with Gasteiger partial charge in [0.05, 0.1) is 18.1 Å². The minimum absolute atomic E-state index is 0.171. The Balaban J connectivity index is 1.80. The Kier molecular flexibility index (Phi) is 4.48. The van der Waals surface area contributed by atoms with Gasteiger partial charge in [-0.1, -0.05) is 0 Å². The number of rotatable bonds is 4. The average Bonchev–Trinajstić information content (AvgIpc) is 3.03. The highest BCUT2D eigenvalue weighted by Crippen LogP contribution is 2.27. The van der Waals surface area contributed by atoms with E-state index in [1.807, 2.05) is 6.07 Å². The lowest BCUT2D eigenvalue weighted by Gasteiger charge is -2.09. The smallest absolute Gasteiger partial charge is 0.406 e. The third-order valence-corrected chi connectivity index (χ3v) is 3.55. The van der Waals surface area contributed by atoms with E-state index in [1.54, 1.807) is 0 Å². The number of hydrogen-bond donors (Lipinski definition) is 0. The Hall–Kier alpha value is -3.20. The maximum absolute atomic E-state index is 12.2. The van der Waals surface area contributed by atoms with Crippen LogP contribution in [0.4, 0.5) is 13.2 Å². The molecule has 0 aliphatic rings. The summed E-state index contributed by atoms with van der Waals surface area (Å²) >= 11 is 1.08. The topological polar surface area (TPSA) is 102 Å². The van der Waals surface area contributed by atoms with Crippen LogP contribution in [0.5, 0.6) is 5.75 Å². The average molecular weight is 365 g/mol. The lowest BCUT2D eigenvalue weighted by molar-refractivity contribution is -0.274. The fourth-order valence-corrected chi connectivity index (χ4v) is 2.42. The molecule has 0 radical (unpaired) electrons. The molecule has 0 amide bonds. The van der Waals surface area contributed by atoms with Crippen LogP contribution in [0.1, 0.15) is 5.69 Å². The summed E-state index contributed by atoms with van der Waals surface area (Å²) in [6.07, 6.45) is -2.06. The Morgan fingerprint density at radius 3 is 2.48 bits per heavy atom. The first-order chi connectivity index (χ1) is 11.9. The highest BCUT2D eigenvalue weighted by Gasteiger charge is 2.31. The molecular weight excluding hydrogens is 359 g/mol. The maximum atomic E-state index is 12.2. The summed E-state index contributed by atoms with van der Waals surface area (Å²) in [6, 6.07) is 6.92. The van der Waals surface area contributed by atoms with E-state index in [0.29, 0.717) is 15.9 Å². The van der Waals surface area contributed by atoms with Gasteiger partial charge in [0.2, 0.25) is 5.16 Å². The number of halogens is 3. The van der Waals surface area contributed by atoms with E-state index in [-0.39, 0.29) is 11.4 Å². The second-order valence-electron chi connectivity index (χ2n) is 4.37. The predicted molar refractivity (Wildman–Crippen MR) is 76.7 cm³/mol. The zero-order valence-electron chi connectivity index (χ0n) is 12.0. The minimum atomic E-state index is -4.76. The van der Waals surface area contributed by atoms with Crippen LogP contribution >= 0.6 is 11.8 Å². The summed E-state index contributed by atoms with van der Waals surface area (Å²) in [4.78, 5) is 7.92. The molecule has 0 N–H and O–H groups in total. The summed E-state index contributed by atoms with van der Waals surface area (Å²) in [5.74, 6) is -0.350. The van der Waals surface area contributed by atoms with Gasteiger partial charge in [-0.25, -0.2) is 9.97 Å². The molecule has 0 bridgehead atoms. The Bertz CT molecular complexity index is 903. The number of nitriles is 1. The molecule has 0 unspecified atom stereocenters. The third-order valence-electron chi connectivity index (χ3n) is 2.69. The minimum Gasteiger partial charge on any atom is -0.406 e. The second kappa shape index (κ2) is 6.73. The van der Waals surface area contributed by atoms with Gasteiger partial charge in [-0.05, 0) is 46.5 Å². The van der Waals surface area contributed by atoms with Crippen LogP contribution in [-0.4, -0.2) is 36.5 Å². The standard InChI is InChI=1S/C13H6F3N7OS/c14-13(15,16)24-10-3-1-9(2-4-10)23-12(20-21-22-23)25-11-7-18-8(5-17)6-19-11/h1-4,6-7H. The van der Waals surface area contributed by atoms with Crippen molar-refractivity contribution in [1.82, 2.24) is 30.2 Å². The molecule has 2 heterocycles. The van der Waals surface area contributed by atoms with E-state index in [0.717, 1.165) is 23.9 Å². The van der Waals surface area contributed by atoms with Crippen LogP contribution in [0.15, 0.2) is 46.8 Å². The summed E-state index contributed by atoms with van der Waals surface area (Å²) in [5.41, 5.74) is 0.604. The molecule has 0 atom stereocenters. The monoisotopic (exact) mass is 365 g/mol. The van der Waals surface area contributed by atoms with Gasteiger partial charge in [-0.2, -0.15) is 9.94 Å². The maximum Gasteiger partial charge on any atom is 0.573 e. The van der Waals surface area contributed by atoms with Crippen molar-refractivity contribution in [2.75, 3.05) is 0 Å². The molecule has 25 heavy (non-hydrogen) atoms. The Labute approximate surface area is 142 Å². The molecule has 8 nitrogen and oxygen atoms in total. The molecule has 3 rings (SSSR count). The molecule has 0 aliphatic heterocycles. The SMILES string of the molecule is N#Cc1cnc(Sc2nnnn2-c2ccc(OC(F)(F)F)cc2)cn1. The summed E-state index contributed by atoms with van der Waals surface area (Å²) in [7, 11) is 0. The molecule has 3 aromatic rings. The van der Waals surface area contributed by atoms with Crippen molar-refractivity contribution in [3.8, 4) is 17.5 Å². The molecule has 0 aliphatic carbocycles. The van der Waals surface area contributed by atoms with Crippen molar-refractivity contribution in [3.63, 3.8) is 0 Å². The van der Waals surface area contributed by atoms with Crippen LogP contribution in [0.2, 0.25) is 0 Å². The van der Waals surface area contributed by atoms with E-state index >= 15 is 0 Å². The van der Waals surface area contributed by atoms with E-state index in [4.69, 9.17) is 5.26 Å². The van der Waals surface area contributed by atoms with Crippen molar-refractivity contribution < 1.29 is 17.9 Å². The van der Waals surface area contributed by atoms with E-state index in [9.17, 15) is 13.2 Å². The van der Waals surface area contributed by atoms with E-state index in [1.165, 1.54) is 29.2 Å². The quantitative estimate of drug-likeness (QED) is 0.694. The molecule has 0 spiro atoms. The summed E-state index contributed by atoms with van der Waals surface area (Å²) < 4.78 is 41.7. The third kappa shape index (κ3) is 4.21. The molecule has 1 aromatic carbocycles. The van der Waals surface area contributed by atoms with Gasteiger partial charge in [-0.15, -0.1) is 18.3 Å². The van der Waals surface area contributed by atoms with Gasteiger partial charge in [0.1, 0.15) is 16.8 Å². The first-order valence-electron chi connectivity index (χ1n) is 6.49. The number of alkyl halides is 3.